The summed E-state index contributed by atoms with van der Waals surface area (Å²) in [5.41, 5.74) is 10.1. The lowest BCUT2D eigenvalue weighted by molar-refractivity contribution is 0.0944. The summed E-state index contributed by atoms with van der Waals surface area (Å²) in [6.45, 7) is 4.03. The first-order valence-electron chi connectivity index (χ1n) is 9.99. The van der Waals surface area contributed by atoms with Crippen LogP contribution in [-0.2, 0) is 6.54 Å². The highest BCUT2D eigenvalue weighted by atomic mass is 35.5. The quantitative estimate of drug-likeness (QED) is 0.407. The standard InChI is InChI=1S/C19H21Cl2N9O2/c1-11(13-6-5-12(20)9-14(13)21)23-25-19(31)16-15(10-29-7-3-2-4-8-29)24-28-30(16)18-17(22)26-32-27-18/h5-6,9H,2-4,7-8,10H2,1H3,(H2,22,26)(H,25,31)/b23-11+. The number of benzene rings is 1. The topological polar surface area (TPSA) is 140 Å². The van der Waals surface area contributed by atoms with Gasteiger partial charge in [0.2, 0.25) is 11.6 Å². The number of hydrogen-bond donors (Lipinski definition) is 2. The first kappa shape index (κ1) is 22.2. The Balaban J connectivity index is 1.63. The molecule has 0 aliphatic carbocycles. The molecule has 168 valence electrons. The van der Waals surface area contributed by atoms with E-state index in [-0.39, 0.29) is 17.3 Å². The summed E-state index contributed by atoms with van der Waals surface area (Å²) in [7, 11) is 0. The fourth-order valence-electron chi connectivity index (χ4n) is 3.49. The molecule has 1 fully saturated rings. The highest BCUT2D eigenvalue weighted by Crippen LogP contribution is 2.22. The molecule has 0 unspecified atom stereocenters. The zero-order valence-electron chi connectivity index (χ0n) is 17.3. The molecule has 3 N–H and O–H groups in total. The van der Waals surface area contributed by atoms with Gasteiger partial charge in [-0.25, -0.2) is 10.1 Å². The number of hydrogen-bond acceptors (Lipinski definition) is 9. The number of rotatable bonds is 6. The molecule has 13 heteroatoms. The number of nitrogens with zero attached hydrogens (tertiary/aromatic N) is 7. The number of carbonyl (C=O) groups is 1. The van der Waals surface area contributed by atoms with Crippen molar-refractivity contribution in [2.75, 3.05) is 18.8 Å². The van der Waals surface area contributed by atoms with Gasteiger partial charge in [-0.15, -0.1) is 5.10 Å². The third kappa shape index (κ3) is 4.74. The van der Waals surface area contributed by atoms with E-state index in [9.17, 15) is 4.79 Å². The van der Waals surface area contributed by atoms with Crippen LogP contribution in [0.4, 0.5) is 5.82 Å². The highest BCUT2D eigenvalue weighted by molar-refractivity contribution is 6.37. The number of likely N-dealkylation sites (tertiary alicyclic amines) is 1. The van der Waals surface area contributed by atoms with Gasteiger partial charge in [0.05, 0.1) is 10.7 Å². The Hall–Kier alpha value is -3.02. The molecular weight excluding hydrogens is 457 g/mol. The van der Waals surface area contributed by atoms with E-state index in [1.165, 1.54) is 11.1 Å². The van der Waals surface area contributed by atoms with Crippen molar-refractivity contribution in [3.8, 4) is 5.82 Å². The molecule has 0 saturated carbocycles. The number of halogens is 2. The summed E-state index contributed by atoms with van der Waals surface area (Å²) in [6.07, 6.45) is 3.39. The van der Waals surface area contributed by atoms with Crippen molar-refractivity contribution in [3.05, 3.63) is 45.2 Å². The first-order chi connectivity index (χ1) is 15.4. The van der Waals surface area contributed by atoms with Gasteiger partial charge in [0.25, 0.3) is 5.91 Å². The number of carbonyl (C=O) groups excluding carboxylic acids is 1. The Morgan fingerprint density at radius 1 is 1.25 bits per heavy atom. The van der Waals surface area contributed by atoms with Crippen LogP contribution in [0.25, 0.3) is 5.82 Å². The molecule has 1 saturated heterocycles. The predicted molar refractivity (Wildman–Crippen MR) is 119 cm³/mol. The summed E-state index contributed by atoms with van der Waals surface area (Å²) in [6, 6.07) is 5.03. The van der Waals surface area contributed by atoms with Crippen LogP contribution in [-0.4, -0.2) is 54.9 Å². The van der Waals surface area contributed by atoms with E-state index in [4.69, 9.17) is 28.9 Å². The maximum Gasteiger partial charge on any atom is 0.292 e. The number of piperidine rings is 1. The van der Waals surface area contributed by atoms with E-state index in [1.807, 2.05) is 0 Å². The van der Waals surface area contributed by atoms with Gasteiger partial charge in [-0.1, -0.05) is 40.9 Å². The van der Waals surface area contributed by atoms with Gasteiger partial charge in [0, 0.05) is 17.1 Å². The van der Waals surface area contributed by atoms with Gasteiger partial charge in [0.1, 0.15) is 5.69 Å². The lowest BCUT2D eigenvalue weighted by Crippen LogP contribution is -2.31. The number of amides is 1. The van der Waals surface area contributed by atoms with Crippen molar-refractivity contribution in [2.45, 2.75) is 32.7 Å². The molecule has 3 aromatic rings. The van der Waals surface area contributed by atoms with E-state index < -0.39 is 5.91 Å². The van der Waals surface area contributed by atoms with Gasteiger partial charge < -0.3 is 5.73 Å². The number of nitrogen functional groups attached to an aromatic ring is 1. The zero-order chi connectivity index (χ0) is 22.7. The number of hydrazone groups is 1. The fourth-order valence-corrected chi connectivity index (χ4v) is 4.04. The summed E-state index contributed by atoms with van der Waals surface area (Å²) in [4.78, 5) is 15.4. The highest BCUT2D eigenvalue weighted by Gasteiger charge is 2.26. The summed E-state index contributed by atoms with van der Waals surface area (Å²) in [5.74, 6) is -0.469. The van der Waals surface area contributed by atoms with Crippen molar-refractivity contribution in [1.82, 2.24) is 35.6 Å². The monoisotopic (exact) mass is 477 g/mol. The Morgan fingerprint density at radius 3 is 2.72 bits per heavy atom. The van der Waals surface area contributed by atoms with E-state index in [0.29, 0.717) is 33.6 Å². The second kappa shape index (κ2) is 9.63. The molecule has 1 aromatic carbocycles. The molecule has 1 aliphatic heterocycles. The van der Waals surface area contributed by atoms with Crippen molar-refractivity contribution < 1.29 is 9.42 Å². The Labute approximate surface area is 193 Å². The number of aromatic nitrogens is 5. The largest absolute Gasteiger partial charge is 0.378 e. The van der Waals surface area contributed by atoms with E-state index in [1.54, 1.807) is 25.1 Å². The molecule has 1 aliphatic rings. The predicted octanol–water partition coefficient (Wildman–Crippen LogP) is 2.68. The summed E-state index contributed by atoms with van der Waals surface area (Å²) in [5, 5.41) is 20.7. The van der Waals surface area contributed by atoms with Gasteiger partial charge in [0.15, 0.2) is 5.69 Å². The van der Waals surface area contributed by atoms with E-state index >= 15 is 0 Å². The molecule has 1 amide bonds. The minimum absolute atomic E-state index is 0.0129. The summed E-state index contributed by atoms with van der Waals surface area (Å²) < 4.78 is 5.87. The third-order valence-electron chi connectivity index (χ3n) is 5.12. The molecule has 11 nitrogen and oxygen atoms in total. The molecule has 0 spiro atoms. The normalized spacial score (nSPS) is 15.2. The van der Waals surface area contributed by atoms with Crippen LogP contribution in [0.3, 0.4) is 0 Å². The lowest BCUT2D eigenvalue weighted by atomic mass is 10.1. The van der Waals surface area contributed by atoms with E-state index in [2.05, 4.69) is 40.7 Å². The van der Waals surface area contributed by atoms with Gasteiger partial charge in [-0.2, -0.15) is 9.78 Å². The number of nitrogens with two attached hydrogens (primary N) is 1. The second-order valence-corrected chi connectivity index (χ2v) is 8.21. The van der Waals surface area contributed by atoms with Crippen LogP contribution in [0.5, 0.6) is 0 Å². The first-order valence-corrected chi connectivity index (χ1v) is 10.7. The molecule has 32 heavy (non-hydrogen) atoms. The average molecular weight is 478 g/mol. The minimum Gasteiger partial charge on any atom is -0.378 e. The molecule has 2 aromatic heterocycles. The molecule has 3 heterocycles. The van der Waals surface area contributed by atoms with Crippen molar-refractivity contribution in [3.63, 3.8) is 0 Å². The van der Waals surface area contributed by atoms with Gasteiger partial charge in [-0.05, 0) is 55.3 Å². The maximum atomic E-state index is 13.2. The third-order valence-corrected chi connectivity index (χ3v) is 5.67. The van der Waals surface area contributed by atoms with Crippen LogP contribution in [0.1, 0.15) is 47.9 Å². The Morgan fingerprint density at radius 2 is 2.03 bits per heavy atom. The summed E-state index contributed by atoms with van der Waals surface area (Å²) >= 11 is 12.2. The van der Waals surface area contributed by atoms with Crippen molar-refractivity contribution in [2.24, 2.45) is 5.10 Å². The van der Waals surface area contributed by atoms with Crippen LogP contribution in [0, 0.1) is 0 Å². The van der Waals surface area contributed by atoms with Crippen molar-refractivity contribution in [1.29, 1.82) is 0 Å². The van der Waals surface area contributed by atoms with Crippen LogP contribution in [0.2, 0.25) is 10.0 Å². The Bertz CT molecular complexity index is 1150. The lowest BCUT2D eigenvalue weighted by Gasteiger charge is -2.25. The smallest absolute Gasteiger partial charge is 0.292 e. The maximum absolute atomic E-state index is 13.2. The molecule has 4 rings (SSSR count). The molecular formula is C19H21Cl2N9O2. The minimum atomic E-state index is -0.533. The molecule has 0 atom stereocenters. The second-order valence-electron chi connectivity index (χ2n) is 7.37. The van der Waals surface area contributed by atoms with Gasteiger partial charge >= 0.3 is 0 Å². The molecule has 0 bridgehead atoms. The number of anilines is 1. The zero-order valence-corrected chi connectivity index (χ0v) is 18.8. The average Bonchev–Trinajstić information content (AvgIpc) is 3.38. The Kier molecular flexibility index (Phi) is 6.68. The van der Waals surface area contributed by atoms with Gasteiger partial charge in [-0.3, -0.25) is 9.69 Å². The van der Waals surface area contributed by atoms with Crippen LogP contribution < -0.4 is 11.2 Å². The SMILES string of the molecule is C/C(=N\NC(=O)c1c(CN2CCCCC2)nnn1-c1nonc1N)c1ccc(Cl)cc1Cl. The van der Waals surface area contributed by atoms with Crippen LogP contribution in [0.15, 0.2) is 27.9 Å². The fraction of sp³-hybridized carbons (Fsp3) is 0.368. The van der Waals surface area contributed by atoms with Crippen molar-refractivity contribution >= 4 is 40.6 Å². The molecule has 0 radical (unpaired) electrons. The van der Waals surface area contributed by atoms with E-state index in [0.717, 1.165) is 25.9 Å². The number of nitrogens with one attached hydrogen (secondary N) is 1. The van der Waals surface area contributed by atoms with Crippen LogP contribution >= 0.6 is 23.2 Å².